The van der Waals surface area contributed by atoms with Gasteiger partial charge in [0.2, 0.25) is 5.91 Å². The molecule has 1 aliphatic carbocycles. The molecule has 4 nitrogen and oxygen atoms in total. The Morgan fingerprint density at radius 1 is 1.24 bits per heavy atom. The first-order valence-electron chi connectivity index (χ1n) is 7.75. The van der Waals surface area contributed by atoms with Gasteiger partial charge in [-0.1, -0.05) is 24.3 Å². The number of rotatable bonds is 2. The fourth-order valence-electron chi connectivity index (χ4n) is 3.46. The van der Waals surface area contributed by atoms with Gasteiger partial charge in [0.1, 0.15) is 0 Å². The molecular weight excluding hydrogens is 262 g/mol. The summed E-state index contributed by atoms with van der Waals surface area (Å²) >= 11 is 0. The van der Waals surface area contributed by atoms with Gasteiger partial charge in [0.05, 0.1) is 18.5 Å². The molecule has 110 valence electrons. The van der Waals surface area contributed by atoms with E-state index in [9.17, 15) is 4.79 Å². The molecule has 1 aliphatic heterocycles. The SMILES string of the molecule is N#CCN1CCN(C(=O)C2CCCc3ccccc32)CC1. The summed E-state index contributed by atoms with van der Waals surface area (Å²) in [6.07, 6.45) is 3.16. The predicted molar refractivity (Wildman–Crippen MR) is 80.8 cm³/mol. The highest BCUT2D eigenvalue weighted by molar-refractivity contribution is 5.84. The third kappa shape index (κ3) is 2.93. The van der Waals surface area contributed by atoms with Gasteiger partial charge >= 0.3 is 0 Å². The van der Waals surface area contributed by atoms with Gasteiger partial charge in [0, 0.05) is 26.2 Å². The summed E-state index contributed by atoms with van der Waals surface area (Å²) in [5, 5.41) is 8.73. The lowest BCUT2D eigenvalue weighted by atomic mass is 9.82. The Morgan fingerprint density at radius 2 is 2.00 bits per heavy atom. The first kappa shape index (κ1) is 14.1. The Labute approximate surface area is 126 Å². The third-order valence-electron chi connectivity index (χ3n) is 4.65. The summed E-state index contributed by atoms with van der Waals surface area (Å²) in [6, 6.07) is 10.5. The summed E-state index contributed by atoms with van der Waals surface area (Å²) in [7, 11) is 0. The van der Waals surface area contributed by atoms with E-state index < -0.39 is 0 Å². The number of piperazine rings is 1. The van der Waals surface area contributed by atoms with E-state index in [0.717, 1.165) is 45.4 Å². The second-order valence-electron chi connectivity index (χ2n) is 5.90. The molecule has 0 N–H and O–H groups in total. The third-order valence-corrected chi connectivity index (χ3v) is 4.65. The Morgan fingerprint density at radius 3 is 2.76 bits per heavy atom. The number of fused-ring (bicyclic) bond motifs is 1. The monoisotopic (exact) mass is 283 g/mol. The molecule has 1 saturated heterocycles. The zero-order chi connectivity index (χ0) is 14.7. The molecule has 21 heavy (non-hydrogen) atoms. The van der Waals surface area contributed by atoms with Crippen molar-refractivity contribution in [3.63, 3.8) is 0 Å². The van der Waals surface area contributed by atoms with Crippen LogP contribution in [-0.4, -0.2) is 48.4 Å². The standard InChI is InChI=1S/C17H21N3O/c18-8-9-19-10-12-20(13-11-19)17(21)16-7-3-5-14-4-1-2-6-15(14)16/h1-2,4,6,16H,3,5,7,9-13H2. The van der Waals surface area contributed by atoms with Crippen molar-refractivity contribution in [1.29, 1.82) is 5.26 Å². The number of amides is 1. The van der Waals surface area contributed by atoms with Crippen LogP contribution >= 0.6 is 0 Å². The van der Waals surface area contributed by atoms with Gasteiger partial charge in [-0.15, -0.1) is 0 Å². The normalized spacial score (nSPS) is 22.4. The van der Waals surface area contributed by atoms with E-state index in [1.165, 1.54) is 11.1 Å². The zero-order valence-corrected chi connectivity index (χ0v) is 12.3. The quantitative estimate of drug-likeness (QED) is 0.777. The van der Waals surface area contributed by atoms with Crippen molar-refractivity contribution in [2.24, 2.45) is 0 Å². The molecule has 0 bridgehead atoms. The Kier molecular flexibility index (Phi) is 4.21. The highest BCUT2D eigenvalue weighted by Crippen LogP contribution is 2.33. The van der Waals surface area contributed by atoms with Gasteiger partial charge in [-0.25, -0.2) is 0 Å². The molecule has 3 rings (SSSR count). The van der Waals surface area contributed by atoms with Crippen LogP contribution in [0.5, 0.6) is 0 Å². The number of nitriles is 1. The molecule has 4 heteroatoms. The summed E-state index contributed by atoms with van der Waals surface area (Å²) in [6.45, 7) is 3.59. The van der Waals surface area contributed by atoms with E-state index in [1.54, 1.807) is 0 Å². The number of nitrogens with zero attached hydrogens (tertiary/aromatic N) is 3. The van der Waals surface area contributed by atoms with Crippen molar-refractivity contribution in [3.8, 4) is 6.07 Å². The lowest BCUT2D eigenvalue weighted by Gasteiger charge is -2.36. The molecule has 0 aromatic heterocycles. The highest BCUT2D eigenvalue weighted by atomic mass is 16.2. The van der Waals surface area contributed by atoms with Crippen LogP contribution in [0.15, 0.2) is 24.3 Å². The first-order valence-corrected chi connectivity index (χ1v) is 7.75. The van der Waals surface area contributed by atoms with Crippen molar-refractivity contribution in [2.75, 3.05) is 32.7 Å². The summed E-state index contributed by atoms with van der Waals surface area (Å²) in [5.74, 6) is 0.316. The average Bonchev–Trinajstić information content (AvgIpc) is 2.55. The number of carbonyl (C=O) groups excluding carboxylic acids is 1. The van der Waals surface area contributed by atoms with E-state index in [-0.39, 0.29) is 11.8 Å². The summed E-state index contributed by atoms with van der Waals surface area (Å²) in [5.41, 5.74) is 2.57. The topological polar surface area (TPSA) is 47.3 Å². The van der Waals surface area contributed by atoms with Gasteiger partial charge in [-0.05, 0) is 30.4 Å². The molecule has 1 heterocycles. The van der Waals surface area contributed by atoms with E-state index >= 15 is 0 Å². The molecule has 1 atom stereocenters. The minimum atomic E-state index is 0.0393. The molecule has 0 spiro atoms. The molecule has 0 radical (unpaired) electrons. The average molecular weight is 283 g/mol. The number of carbonyl (C=O) groups is 1. The lowest BCUT2D eigenvalue weighted by molar-refractivity contribution is -0.134. The molecule has 0 saturated carbocycles. The van der Waals surface area contributed by atoms with Crippen LogP contribution in [0, 0.1) is 11.3 Å². The number of hydrogen-bond donors (Lipinski definition) is 0. The van der Waals surface area contributed by atoms with Gasteiger partial charge in [0.15, 0.2) is 0 Å². The van der Waals surface area contributed by atoms with Crippen LogP contribution < -0.4 is 0 Å². The summed E-state index contributed by atoms with van der Waals surface area (Å²) in [4.78, 5) is 16.9. The predicted octanol–water partition coefficient (Wildman–Crippen LogP) is 1.77. The van der Waals surface area contributed by atoms with E-state index in [0.29, 0.717) is 6.54 Å². The Bertz CT molecular complexity index is 555. The first-order chi connectivity index (χ1) is 10.3. The van der Waals surface area contributed by atoms with Gasteiger partial charge < -0.3 is 4.90 Å². The number of hydrogen-bond acceptors (Lipinski definition) is 3. The molecule has 2 aliphatic rings. The second kappa shape index (κ2) is 6.28. The van der Waals surface area contributed by atoms with Gasteiger partial charge in [-0.2, -0.15) is 5.26 Å². The molecule has 1 aromatic carbocycles. The van der Waals surface area contributed by atoms with E-state index in [2.05, 4.69) is 29.2 Å². The minimum absolute atomic E-state index is 0.0393. The van der Waals surface area contributed by atoms with Crippen molar-refractivity contribution in [1.82, 2.24) is 9.80 Å². The van der Waals surface area contributed by atoms with E-state index in [1.807, 2.05) is 11.0 Å². The molecule has 1 unspecified atom stereocenters. The Hall–Kier alpha value is -1.86. The number of benzene rings is 1. The van der Waals surface area contributed by atoms with Crippen LogP contribution in [0.2, 0.25) is 0 Å². The smallest absolute Gasteiger partial charge is 0.230 e. The molecular formula is C17H21N3O. The van der Waals surface area contributed by atoms with Gasteiger partial charge in [0.25, 0.3) is 0 Å². The maximum absolute atomic E-state index is 12.8. The van der Waals surface area contributed by atoms with Crippen molar-refractivity contribution < 1.29 is 4.79 Å². The largest absolute Gasteiger partial charge is 0.340 e. The molecule has 1 fully saturated rings. The van der Waals surface area contributed by atoms with E-state index in [4.69, 9.17) is 5.26 Å². The molecule has 1 aromatic rings. The van der Waals surface area contributed by atoms with Crippen LogP contribution in [-0.2, 0) is 11.2 Å². The Balaban J connectivity index is 1.69. The fraction of sp³-hybridized carbons (Fsp3) is 0.529. The highest BCUT2D eigenvalue weighted by Gasteiger charge is 2.31. The van der Waals surface area contributed by atoms with Gasteiger partial charge in [-0.3, -0.25) is 9.69 Å². The van der Waals surface area contributed by atoms with Crippen molar-refractivity contribution in [2.45, 2.75) is 25.2 Å². The maximum atomic E-state index is 12.8. The zero-order valence-electron chi connectivity index (χ0n) is 12.3. The lowest BCUT2D eigenvalue weighted by Crippen LogP contribution is -2.50. The molecule has 1 amide bonds. The fourth-order valence-corrected chi connectivity index (χ4v) is 3.46. The maximum Gasteiger partial charge on any atom is 0.230 e. The summed E-state index contributed by atoms with van der Waals surface area (Å²) < 4.78 is 0. The van der Waals surface area contributed by atoms with Crippen molar-refractivity contribution in [3.05, 3.63) is 35.4 Å². The van der Waals surface area contributed by atoms with Crippen LogP contribution in [0.4, 0.5) is 0 Å². The van der Waals surface area contributed by atoms with Crippen molar-refractivity contribution >= 4 is 5.91 Å². The second-order valence-corrected chi connectivity index (χ2v) is 5.90. The van der Waals surface area contributed by atoms with Crippen LogP contribution in [0.25, 0.3) is 0 Å². The van der Waals surface area contributed by atoms with Crippen LogP contribution in [0.3, 0.4) is 0 Å². The minimum Gasteiger partial charge on any atom is -0.340 e. The number of aryl methyl sites for hydroxylation is 1. The van der Waals surface area contributed by atoms with Crippen LogP contribution in [0.1, 0.15) is 29.9 Å².